The van der Waals surface area contributed by atoms with Crippen LogP contribution in [-0.4, -0.2) is 44.8 Å². The lowest BCUT2D eigenvalue weighted by atomic mass is 10.7. The fourth-order valence-corrected chi connectivity index (χ4v) is 1.81. The maximum absolute atomic E-state index is 11.6. The van der Waals surface area contributed by atoms with Gasteiger partial charge in [-0.25, -0.2) is 21.9 Å². The minimum atomic E-state index is -3.65. The number of aromatic amines is 1. The number of sulfonamides is 1. The molecule has 0 saturated heterocycles. The number of hydrogen-bond acceptors (Lipinski definition) is 4. The minimum Gasteiger partial charge on any atom is -0.374 e. The molecule has 0 aliphatic carbocycles. The first-order chi connectivity index (χ1) is 7.52. The molecule has 0 fully saturated rings. The van der Waals surface area contributed by atoms with Gasteiger partial charge in [0.05, 0.1) is 12.8 Å². The highest BCUT2D eigenvalue weighted by atomic mass is 32.2. The van der Waals surface area contributed by atoms with Crippen molar-refractivity contribution in [1.29, 1.82) is 0 Å². The number of rotatable bonds is 7. The van der Waals surface area contributed by atoms with Crippen molar-refractivity contribution in [2.75, 3.05) is 19.8 Å². The molecule has 9 heteroatoms. The van der Waals surface area contributed by atoms with Gasteiger partial charge >= 0.3 is 0 Å². The third-order valence-corrected chi connectivity index (χ3v) is 2.94. The van der Waals surface area contributed by atoms with E-state index < -0.39 is 23.1 Å². The third kappa shape index (κ3) is 4.21. The van der Waals surface area contributed by atoms with Crippen molar-refractivity contribution in [2.45, 2.75) is 11.5 Å². The van der Waals surface area contributed by atoms with Crippen LogP contribution in [0.3, 0.4) is 0 Å². The van der Waals surface area contributed by atoms with E-state index in [1.54, 1.807) is 0 Å². The van der Waals surface area contributed by atoms with Gasteiger partial charge in [0.15, 0.2) is 5.03 Å². The molecule has 0 atom stereocenters. The molecule has 0 spiro atoms. The fourth-order valence-electron chi connectivity index (χ4n) is 0.891. The smallest absolute Gasteiger partial charge is 0.261 e. The van der Waals surface area contributed by atoms with Crippen LogP contribution >= 0.6 is 0 Å². The number of nitrogens with one attached hydrogen (secondary N) is 2. The predicted molar refractivity (Wildman–Crippen MR) is 50.6 cm³/mol. The number of nitrogens with zero attached hydrogens (tertiary/aromatic N) is 1. The largest absolute Gasteiger partial charge is 0.374 e. The highest BCUT2D eigenvalue weighted by Crippen LogP contribution is 2.01. The summed E-state index contributed by atoms with van der Waals surface area (Å²) in [6.45, 7) is -0.891. The van der Waals surface area contributed by atoms with Crippen molar-refractivity contribution in [1.82, 2.24) is 14.9 Å². The zero-order chi connectivity index (χ0) is 12.0. The van der Waals surface area contributed by atoms with Gasteiger partial charge in [0, 0.05) is 6.54 Å². The van der Waals surface area contributed by atoms with Crippen LogP contribution in [0.1, 0.15) is 0 Å². The summed E-state index contributed by atoms with van der Waals surface area (Å²) in [5.74, 6) is 0. The van der Waals surface area contributed by atoms with Gasteiger partial charge in [-0.15, -0.1) is 0 Å². The van der Waals surface area contributed by atoms with Crippen molar-refractivity contribution in [3.05, 3.63) is 12.3 Å². The molecule has 2 N–H and O–H groups in total. The van der Waals surface area contributed by atoms with Crippen LogP contribution in [0.15, 0.2) is 17.3 Å². The standard InChI is InChI=1S/C7H11F2N3O3S/c8-6(9)5-15-4-3-11-16(13,14)7-1-2-10-12-7/h1-2,6,11H,3-5H2,(H,10,12). The van der Waals surface area contributed by atoms with Crippen LogP contribution in [0.4, 0.5) is 8.78 Å². The van der Waals surface area contributed by atoms with E-state index in [1.807, 2.05) is 0 Å². The summed E-state index contributed by atoms with van der Waals surface area (Å²) in [6.07, 6.45) is -1.26. The first kappa shape index (κ1) is 13.0. The molecule has 0 unspecified atom stereocenters. The molecular formula is C7H11F2N3O3S. The van der Waals surface area contributed by atoms with E-state index in [1.165, 1.54) is 12.3 Å². The van der Waals surface area contributed by atoms with Crippen LogP contribution in [0.5, 0.6) is 0 Å². The van der Waals surface area contributed by atoms with Crippen molar-refractivity contribution in [3.8, 4) is 0 Å². The molecule has 0 saturated carbocycles. The van der Waals surface area contributed by atoms with Gasteiger partial charge in [-0.05, 0) is 6.07 Å². The normalized spacial score (nSPS) is 12.2. The number of H-pyrrole nitrogens is 1. The number of halogens is 2. The van der Waals surface area contributed by atoms with Crippen molar-refractivity contribution >= 4 is 10.0 Å². The van der Waals surface area contributed by atoms with Crippen LogP contribution in [0, 0.1) is 0 Å². The highest BCUT2D eigenvalue weighted by molar-refractivity contribution is 7.89. The fraction of sp³-hybridized carbons (Fsp3) is 0.571. The molecular weight excluding hydrogens is 244 g/mol. The first-order valence-corrected chi connectivity index (χ1v) is 5.85. The lowest BCUT2D eigenvalue weighted by molar-refractivity contribution is 0.0199. The summed E-state index contributed by atoms with van der Waals surface area (Å²) in [4.78, 5) is 0. The number of hydrogen-bond donors (Lipinski definition) is 2. The number of alkyl halides is 2. The molecule has 1 heterocycles. The van der Waals surface area contributed by atoms with Gasteiger partial charge in [0.1, 0.15) is 6.61 Å². The van der Waals surface area contributed by atoms with Crippen molar-refractivity contribution in [3.63, 3.8) is 0 Å². The molecule has 0 bridgehead atoms. The highest BCUT2D eigenvalue weighted by Gasteiger charge is 2.14. The summed E-state index contributed by atoms with van der Waals surface area (Å²) in [6, 6.07) is 1.28. The zero-order valence-electron chi connectivity index (χ0n) is 8.19. The Bertz CT molecular complexity index is 393. The molecule has 6 nitrogen and oxygen atoms in total. The maximum atomic E-state index is 11.6. The van der Waals surface area contributed by atoms with Crippen molar-refractivity contribution < 1.29 is 21.9 Å². The molecule has 92 valence electrons. The molecule has 0 aliphatic rings. The first-order valence-electron chi connectivity index (χ1n) is 4.37. The second-order valence-electron chi connectivity index (χ2n) is 2.78. The van der Waals surface area contributed by atoms with Gasteiger partial charge in [-0.1, -0.05) is 0 Å². The Labute approximate surface area is 91.0 Å². The molecule has 16 heavy (non-hydrogen) atoms. The lowest BCUT2D eigenvalue weighted by Crippen LogP contribution is -2.28. The van der Waals surface area contributed by atoms with E-state index in [4.69, 9.17) is 0 Å². The van der Waals surface area contributed by atoms with Gasteiger partial charge in [0.2, 0.25) is 0 Å². The molecule has 1 aromatic rings. The molecule has 1 rings (SSSR count). The summed E-state index contributed by atoms with van der Waals surface area (Å²) >= 11 is 0. The van der Waals surface area contributed by atoms with E-state index >= 15 is 0 Å². The number of ether oxygens (including phenoxy) is 1. The molecule has 0 aromatic carbocycles. The summed E-state index contributed by atoms with van der Waals surface area (Å²) in [7, 11) is -3.65. The number of aromatic nitrogens is 2. The van der Waals surface area contributed by atoms with Crippen LogP contribution in [-0.2, 0) is 14.8 Å². The van der Waals surface area contributed by atoms with Crippen LogP contribution in [0.2, 0.25) is 0 Å². The van der Waals surface area contributed by atoms with Crippen molar-refractivity contribution in [2.24, 2.45) is 0 Å². The summed E-state index contributed by atoms with van der Waals surface area (Å²) in [5.41, 5.74) is 0. The zero-order valence-corrected chi connectivity index (χ0v) is 9.01. The Kier molecular flexibility index (Phi) is 4.77. The summed E-state index contributed by atoms with van der Waals surface area (Å²) in [5, 5.41) is 5.67. The Morgan fingerprint density at radius 1 is 1.56 bits per heavy atom. The molecule has 0 radical (unpaired) electrons. The maximum Gasteiger partial charge on any atom is 0.261 e. The Balaban J connectivity index is 2.28. The van der Waals surface area contributed by atoms with E-state index in [0.29, 0.717) is 0 Å². The average molecular weight is 255 g/mol. The van der Waals surface area contributed by atoms with Gasteiger partial charge in [-0.2, -0.15) is 5.10 Å². The summed E-state index contributed by atoms with van der Waals surface area (Å²) < 4.78 is 52.8. The van der Waals surface area contributed by atoms with Gasteiger partial charge in [-0.3, -0.25) is 5.10 Å². The second-order valence-corrected chi connectivity index (χ2v) is 4.52. The van der Waals surface area contributed by atoms with E-state index in [9.17, 15) is 17.2 Å². The lowest BCUT2D eigenvalue weighted by Gasteiger charge is -2.05. The van der Waals surface area contributed by atoms with Crippen LogP contribution < -0.4 is 4.72 Å². The quantitative estimate of drug-likeness (QED) is 0.670. The van der Waals surface area contributed by atoms with Gasteiger partial charge in [0.25, 0.3) is 16.4 Å². The Morgan fingerprint density at radius 3 is 2.88 bits per heavy atom. The monoisotopic (exact) mass is 255 g/mol. The SMILES string of the molecule is O=S(=O)(NCCOCC(F)F)c1ccn[nH]1. The average Bonchev–Trinajstić information content (AvgIpc) is 2.69. The second kappa shape index (κ2) is 5.87. The topological polar surface area (TPSA) is 84.1 Å². The Hall–Kier alpha value is -1.06. The third-order valence-electron chi connectivity index (χ3n) is 1.55. The van der Waals surface area contributed by atoms with E-state index in [0.717, 1.165) is 0 Å². The Morgan fingerprint density at radius 2 is 2.31 bits per heavy atom. The molecule has 0 aliphatic heterocycles. The molecule has 0 amide bonds. The van der Waals surface area contributed by atoms with E-state index in [-0.39, 0.29) is 18.2 Å². The predicted octanol–water partition coefficient (Wildman–Crippen LogP) is -0.0303. The molecule has 1 aromatic heterocycles. The van der Waals surface area contributed by atoms with Crippen LogP contribution in [0.25, 0.3) is 0 Å². The van der Waals surface area contributed by atoms with Gasteiger partial charge < -0.3 is 4.74 Å². The minimum absolute atomic E-state index is 0.0753. The van der Waals surface area contributed by atoms with E-state index in [2.05, 4.69) is 19.7 Å².